The molecular weight excluding hydrogens is 294 g/mol. The van der Waals surface area contributed by atoms with Crippen LogP contribution in [-0.2, 0) is 14.3 Å². The molecule has 2 rings (SSSR count). The number of benzene rings is 1. The van der Waals surface area contributed by atoms with E-state index >= 15 is 0 Å². The van der Waals surface area contributed by atoms with Gasteiger partial charge in [0.05, 0.1) is 17.9 Å². The Morgan fingerprint density at radius 2 is 2.00 bits per heavy atom. The van der Waals surface area contributed by atoms with E-state index in [0.29, 0.717) is 6.61 Å². The molecule has 1 aromatic carbocycles. The molecule has 3 unspecified atom stereocenters. The van der Waals surface area contributed by atoms with Gasteiger partial charge in [-0.05, 0) is 25.3 Å². The summed E-state index contributed by atoms with van der Waals surface area (Å²) < 4.78 is 5.88. The van der Waals surface area contributed by atoms with E-state index in [-0.39, 0.29) is 24.5 Å². The summed E-state index contributed by atoms with van der Waals surface area (Å²) in [5.74, 6) is -1.76. The van der Waals surface area contributed by atoms with Gasteiger partial charge in [-0.25, -0.2) is 0 Å². The number of aryl methyl sites for hydroxylation is 1. The van der Waals surface area contributed by atoms with Gasteiger partial charge in [-0.3, -0.25) is 9.59 Å². The third-order valence-electron chi connectivity index (χ3n) is 4.39. The van der Waals surface area contributed by atoms with Gasteiger partial charge in [0.1, 0.15) is 0 Å². The van der Waals surface area contributed by atoms with Crippen molar-refractivity contribution in [2.45, 2.75) is 32.8 Å². The Morgan fingerprint density at radius 3 is 2.61 bits per heavy atom. The monoisotopic (exact) mass is 319 g/mol. The quantitative estimate of drug-likeness (QED) is 0.906. The highest BCUT2D eigenvalue weighted by Crippen LogP contribution is 2.35. The summed E-state index contributed by atoms with van der Waals surface area (Å²) in [5.41, 5.74) is 2.17. The smallest absolute Gasteiger partial charge is 0.308 e. The minimum absolute atomic E-state index is 0.0385. The standard InChI is InChI=1S/C18H25NO4/c1-12-6-8-14(9-7-12)16-15(5-4-10-23-16)17(20)19(3)11-13(2)18(21)22/h6-9,13,15-16H,4-5,10-11H2,1-3H3,(H,21,22). The molecule has 126 valence electrons. The second-order valence-electron chi connectivity index (χ2n) is 6.41. The van der Waals surface area contributed by atoms with Gasteiger partial charge in [0.2, 0.25) is 5.91 Å². The van der Waals surface area contributed by atoms with Gasteiger partial charge in [0.25, 0.3) is 0 Å². The largest absolute Gasteiger partial charge is 0.481 e. The van der Waals surface area contributed by atoms with E-state index in [2.05, 4.69) is 0 Å². The molecule has 3 atom stereocenters. The number of carboxylic acids is 1. The highest BCUT2D eigenvalue weighted by molar-refractivity contribution is 5.80. The third-order valence-corrected chi connectivity index (χ3v) is 4.39. The lowest BCUT2D eigenvalue weighted by Gasteiger charge is -2.34. The number of amides is 1. The fraction of sp³-hybridized carbons (Fsp3) is 0.556. The molecule has 0 aromatic heterocycles. The molecule has 1 amide bonds. The Balaban J connectivity index is 2.12. The van der Waals surface area contributed by atoms with Crippen molar-refractivity contribution >= 4 is 11.9 Å². The van der Waals surface area contributed by atoms with E-state index < -0.39 is 11.9 Å². The molecule has 5 heteroatoms. The van der Waals surface area contributed by atoms with Crippen LogP contribution in [0.5, 0.6) is 0 Å². The molecule has 0 saturated carbocycles. The maximum absolute atomic E-state index is 12.8. The van der Waals surface area contributed by atoms with Crippen LogP contribution in [0.25, 0.3) is 0 Å². The summed E-state index contributed by atoms with van der Waals surface area (Å²) in [4.78, 5) is 25.3. The molecular formula is C18H25NO4. The van der Waals surface area contributed by atoms with Crippen LogP contribution in [0.4, 0.5) is 0 Å². The van der Waals surface area contributed by atoms with Crippen molar-refractivity contribution in [1.29, 1.82) is 0 Å². The lowest BCUT2D eigenvalue weighted by atomic mass is 9.88. The number of carbonyl (C=O) groups excluding carboxylic acids is 1. The first-order valence-electron chi connectivity index (χ1n) is 8.06. The van der Waals surface area contributed by atoms with E-state index in [1.54, 1.807) is 14.0 Å². The first kappa shape index (κ1) is 17.5. The molecule has 1 saturated heterocycles. The van der Waals surface area contributed by atoms with E-state index in [4.69, 9.17) is 9.84 Å². The van der Waals surface area contributed by atoms with E-state index in [0.717, 1.165) is 18.4 Å². The highest BCUT2D eigenvalue weighted by atomic mass is 16.5. The molecule has 1 aliphatic rings. The molecule has 1 fully saturated rings. The second kappa shape index (κ2) is 7.59. The van der Waals surface area contributed by atoms with Crippen LogP contribution in [0.3, 0.4) is 0 Å². The molecule has 1 heterocycles. The summed E-state index contributed by atoms with van der Waals surface area (Å²) >= 11 is 0. The Morgan fingerprint density at radius 1 is 1.35 bits per heavy atom. The maximum atomic E-state index is 12.8. The van der Waals surface area contributed by atoms with E-state index in [1.807, 2.05) is 31.2 Å². The number of rotatable bonds is 5. The summed E-state index contributed by atoms with van der Waals surface area (Å²) in [6.07, 6.45) is 1.36. The van der Waals surface area contributed by atoms with Crippen LogP contribution in [0.15, 0.2) is 24.3 Å². The molecule has 5 nitrogen and oxygen atoms in total. The molecule has 1 aliphatic heterocycles. The van der Waals surface area contributed by atoms with Crippen LogP contribution < -0.4 is 0 Å². The molecule has 0 spiro atoms. The van der Waals surface area contributed by atoms with Gasteiger partial charge < -0.3 is 14.7 Å². The molecule has 23 heavy (non-hydrogen) atoms. The van der Waals surface area contributed by atoms with Gasteiger partial charge in [0, 0.05) is 20.2 Å². The van der Waals surface area contributed by atoms with E-state index in [1.165, 1.54) is 10.5 Å². The predicted molar refractivity (Wildman–Crippen MR) is 87.0 cm³/mol. The second-order valence-corrected chi connectivity index (χ2v) is 6.41. The Hall–Kier alpha value is -1.88. The SMILES string of the molecule is Cc1ccc(C2OCCCC2C(=O)N(C)CC(C)C(=O)O)cc1. The molecule has 0 aliphatic carbocycles. The summed E-state index contributed by atoms with van der Waals surface area (Å²) in [7, 11) is 1.67. The minimum atomic E-state index is -0.889. The third kappa shape index (κ3) is 4.32. The Labute approximate surface area is 137 Å². The summed E-state index contributed by atoms with van der Waals surface area (Å²) in [6.45, 7) is 4.50. The molecule has 0 radical (unpaired) electrons. The summed E-state index contributed by atoms with van der Waals surface area (Å²) in [5, 5.41) is 9.02. The van der Waals surface area contributed by atoms with Crippen molar-refractivity contribution in [1.82, 2.24) is 4.90 Å². The number of ether oxygens (including phenoxy) is 1. The van der Waals surface area contributed by atoms with Crippen LogP contribution >= 0.6 is 0 Å². The first-order valence-corrected chi connectivity index (χ1v) is 8.06. The lowest BCUT2D eigenvalue weighted by Crippen LogP contribution is -2.41. The fourth-order valence-electron chi connectivity index (χ4n) is 2.98. The van der Waals surface area contributed by atoms with Crippen molar-refractivity contribution in [2.75, 3.05) is 20.2 Å². The van der Waals surface area contributed by atoms with Gasteiger partial charge in [-0.1, -0.05) is 36.8 Å². The van der Waals surface area contributed by atoms with Crippen molar-refractivity contribution in [2.24, 2.45) is 11.8 Å². The number of nitrogens with zero attached hydrogens (tertiary/aromatic N) is 1. The fourth-order valence-corrected chi connectivity index (χ4v) is 2.98. The summed E-state index contributed by atoms with van der Waals surface area (Å²) in [6, 6.07) is 8.05. The highest BCUT2D eigenvalue weighted by Gasteiger charge is 2.35. The molecule has 1 N–H and O–H groups in total. The maximum Gasteiger partial charge on any atom is 0.308 e. The predicted octanol–water partition coefficient (Wildman–Crippen LogP) is 2.64. The van der Waals surface area contributed by atoms with Crippen LogP contribution in [0.1, 0.15) is 37.0 Å². The van der Waals surface area contributed by atoms with Gasteiger partial charge in [-0.15, -0.1) is 0 Å². The molecule has 0 bridgehead atoms. The van der Waals surface area contributed by atoms with Crippen molar-refractivity contribution in [3.05, 3.63) is 35.4 Å². The zero-order chi connectivity index (χ0) is 17.0. The number of hydrogen-bond acceptors (Lipinski definition) is 3. The van der Waals surface area contributed by atoms with E-state index in [9.17, 15) is 9.59 Å². The van der Waals surface area contributed by atoms with Gasteiger partial charge in [-0.2, -0.15) is 0 Å². The van der Waals surface area contributed by atoms with Crippen LogP contribution in [0, 0.1) is 18.8 Å². The van der Waals surface area contributed by atoms with Crippen molar-refractivity contribution < 1.29 is 19.4 Å². The zero-order valence-corrected chi connectivity index (χ0v) is 14.0. The Kier molecular flexibility index (Phi) is 5.77. The van der Waals surface area contributed by atoms with Crippen molar-refractivity contribution in [3.8, 4) is 0 Å². The zero-order valence-electron chi connectivity index (χ0n) is 14.0. The molecule has 1 aromatic rings. The lowest BCUT2D eigenvalue weighted by molar-refractivity contribution is -0.147. The van der Waals surface area contributed by atoms with Crippen LogP contribution in [-0.4, -0.2) is 42.1 Å². The van der Waals surface area contributed by atoms with Gasteiger partial charge in [0.15, 0.2) is 0 Å². The van der Waals surface area contributed by atoms with Gasteiger partial charge >= 0.3 is 5.97 Å². The number of carboxylic acid groups (broad SMARTS) is 1. The van der Waals surface area contributed by atoms with Crippen LogP contribution in [0.2, 0.25) is 0 Å². The number of hydrogen-bond donors (Lipinski definition) is 1. The Bertz CT molecular complexity index is 555. The normalized spacial score (nSPS) is 22.4. The average molecular weight is 319 g/mol. The average Bonchev–Trinajstić information content (AvgIpc) is 2.54. The minimum Gasteiger partial charge on any atom is -0.481 e. The topological polar surface area (TPSA) is 66.8 Å². The first-order chi connectivity index (χ1) is 10.9. The number of aliphatic carboxylic acids is 1. The van der Waals surface area contributed by atoms with Crippen molar-refractivity contribution in [3.63, 3.8) is 0 Å². The number of carbonyl (C=O) groups is 2.